The second-order valence-electron chi connectivity index (χ2n) is 4.66. The van der Waals surface area contributed by atoms with Gasteiger partial charge in [-0.1, -0.05) is 35.0 Å². The molecule has 0 fully saturated rings. The molecule has 0 aliphatic heterocycles. The molecule has 106 valence electrons. The van der Waals surface area contributed by atoms with E-state index in [4.69, 9.17) is 0 Å². The zero-order valence-electron chi connectivity index (χ0n) is 11.4. The van der Waals surface area contributed by atoms with Gasteiger partial charge in [0.25, 0.3) is 5.56 Å². The van der Waals surface area contributed by atoms with E-state index < -0.39 is 0 Å². The first kappa shape index (κ1) is 14.9. The van der Waals surface area contributed by atoms with Crippen molar-refractivity contribution >= 4 is 15.9 Å². The number of nitrogens with zero attached hydrogens (tertiary/aromatic N) is 1. The summed E-state index contributed by atoms with van der Waals surface area (Å²) in [5.41, 5.74) is 1.81. The van der Waals surface area contributed by atoms with Gasteiger partial charge in [0.15, 0.2) is 0 Å². The summed E-state index contributed by atoms with van der Waals surface area (Å²) < 4.78 is 1.04. The van der Waals surface area contributed by atoms with Gasteiger partial charge in [0.1, 0.15) is 5.82 Å². The second-order valence-corrected chi connectivity index (χ2v) is 5.58. The fraction of sp³-hybridized carbons (Fsp3) is 0.333. The van der Waals surface area contributed by atoms with Gasteiger partial charge in [-0.05, 0) is 30.7 Å². The van der Waals surface area contributed by atoms with Crippen LogP contribution in [-0.4, -0.2) is 16.5 Å². The third kappa shape index (κ3) is 4.58. The minimum absolute atomic E-state index is 0.0968. The molecule has 2 rings (SSSR count). The fourth-order valence-corrected chi connectivity index (χ4v) is 2.19. The lowest BCUT2D eigenvalue weighted by atomic mass is 10.1. The largest absolute Gasteiger partial charge is 0.311 e. The maximum Gasteiger partial charge on any atom is 0.251 e. The maximum absolute atomic E-state index is 11.7. The molecule has 0 radical (unpaired) electrons. The van der Waals surface area contributed by atoms with Crippen LogP contribution >= 0.6 is 15.9 Å². The molecule has 5 heteroatoms. The molecule has 1 heterocycles. The van der Waals surface area contributed by atoms with Gasteiger partial charge in [0, 0.05) is 23.5 Å². The monoisotopic (exact) mass is 335 g/mol. The highest BCUT2D eigenvalue weighted by atomic mass is 79.9. The minimum Gasteiger partial charge on any atom is -0.311 e. The average molecular weight is 336 g/mol. The number of nitrogens with one attached hydrogen (secondary N) is 2. The highest BCUT2D eigenvalue weighted by molar-refractivity contribution is 9.10. The number of benzene rings is 1. The molecule has 0 aliphatic carbocycles. The summed E-state index contributed by atoms with van der Waals surface area (Å²) in [5, 5.41) is 3.26. The molecule has 4 nitrogen and oxygen atoms in total. The van der Waals surface area contributed by atoms with E-state index in [9.17, 15) is 4.79 Å². The van der Waals surface area contributed by atoms with Crippen molar-refractivity contribution in [3.05, 3.63) is 62.2 Å². The Hall–Kier alpha value is -1.46. The molecular weight excluding hydrogens is 318 g/mol. The quantitative estimate of drug-likeness (QED) is 0.798. The third-order valence-corrected chi connectivity index (χ3v) is 3.39. The van der Waals surface area contributed by atoms with Crippen molar-refractivity contribution in [1.82, 2.24) is 15.3 Å². The van der Waals surface area contributed by atoms with Crippen LogP contribution in [0.2, 0.25) is 0 Å². The first-order valence-corrected chi connectivity index (χ1v) is 7.51. The summed E-state index contributed by atoms with van der Waals surface area (Å²) in [6, 6.07) is 9.56. The van der Waals surface area contributed by atoms with Gasteiger partial charge >= 0.3 is 0 Å². The van der Waals surface area contributed by atoms with Crippen LogP contribution in [-0.2, 0) is 13.0 Å². The summed E-state index contributed by atoms with van der Waals surface area (Å²) in [4.78, 5) is 18.9. The smallest absolute Gasteiger partial charge is 0.251 e. The summed E-state index contributed by atoms with van der Waals surface area (Å²) in [7, 11) is 0. The van der Waals surface area contributed by atoms with Gasteiger partial charge in [-0.2, -0.15) is 0 Å². The average Bonchev–Trinajstić information content (AvgIpc) is 2.41. The highest BCUT2D eigenvalue weighted by Gasteiger charge is 2.03. The Morgan fingerprint density at radius 3 is 2.75 bits per heavy atom. The molecule has 2 N–H and O–H groups in total. The van der Waals surface area contributed by atoms with Crippen LogP contribution < -0.4 is 10.9 Å². The van der Waals surface area contributed by atoms with E-state index in [1.165, 1.54) is 0 Å². The zero-order valence-corrected chi connectivity index (χ0v) is 13.0. The maximum atomic E-state index is 11.7. The molecule has 0 spiro atoms. The summed E-state index contributed by atoms with van der Waals surface area (Å²) in [6.45, 7) is 3.67. The van der Waals surface area contributed by atoms with E-state index in [0.717, 1.165) is 28.7 Å². The van der Waals surface area contributed by atoms with Crippen LogP contribution in [0.25, 0.3) is 0 Å². The Bertz CT molecular complexity index is 607. The number of rotatable bonds is 6. The van der Waals surface area contributed by atoms with Gasteiger partial charge < -0.3 is 10.3 Å². The van der Waals surface area contributed by atoms with Crippen molar-refractivity contribution in [2.45, 2.75) is 26.3 Å². The standard InChI is InChI=1S/C15H18BrN3O/c1-2-7-17-10-13-9-15(20)19-14(18-13)8-11-3-5-12(16)6-4-11/h3-6,9,17H,2,7-8,10H2,1H3,(H,18,19,20). The fourth-order valence-electron chi connectivity index (χ4n) is 1.93. The zero-order chi connectivity index (χ0) is 14.4. The van der Waals surface area contributed by atoms with Gasteiger partial charge in [0.05, 0.1) is 5.69 Å². The van der Waals surface area contributed by atoms with Gasteiger partial charge in [0.2, 0.25) is 0 Å². The van der Waals surface area contributed by atoms with E-state index in [0.29, 0.717) is 18.8 Å². The van der Waals surface area contributed by atoms with Gasteiger partial charge in [-0.15, -0.1) is 0 Å². The number of hydrogen-bond donors (Lipinski definition) is 2. The normalized spacial score (nSPS) is 10.7. The molecule has 2 aromatic rings. The van der Waals surface area contributed by atoms with E-state index in [-0.39, 0.29) is 5.56 Å². The van der Waals surface area contributed by atoms with E-state index in [1.54, 1.807) is 6.07 Å². The Labute approximate surface area is 126 Å². The first-order chi connectivity index (χ1) is 9.67. The molecule has 1 aromatic carbocycles. The lowest BCUT2D eigenvalue weighted by Gasteiger charge is -2.06. The number of hydrogen-bond acceptors (Lipinski definition) is 3. The molecule has 20 heavy (non-hydrogen) atoms. The van der Waals surface area contributed by atoms with E-state index >= 15 is 0 Å². The second kappa shape index (κ2) is 7.36. The molecule has 0 saturated carbocycles. The molecule has 0 bridgehead atoms. The lowest BCUT2D eigenvalue weighted by Crippen LogP contribution is -2.19. The SMILES string of the molecule is CCCNCc1cc(=O)[nH]c(Cc2ccc(Br)cc2)n1. The molecule has 0 atom stereocenters. The number of halogens is 1. The Kier molecular flexibility index (Phi) is 5.49. The van der Waals surface area contributed by atoms with Crippen molar-refractivity contribution in [1.29, 1.82) is 0 Å². The predicted octanol–water partition coefficient (Wildman–Crippen LogP) is 2.62. The molecule has 0 saturated heterocycles. The molecule has 1 aromatic heterocycles. The Morgan fingerprint density at radius 1 is 1.30 bits per heavy atom. The number of H-pyrrole nitrogens is 1. The van der Waals surface area contributed by atoms with E-state index in [2.05, 4.69) is 38.1 Å². The molecule has 0 aliphatic rings. The summed E-state index contributed by atoms with van der Waals surface area (Å²) >= 11 is 3.41. The molecule has 0 amide bonds. The summed E-state index contributed by atoms with van der Waals surface area (Å²) in [6.07, 6.45) is 1.69. The van der Waals surface area contributed by atoms with Crippen molar-refractivity contribution in [2.24, 2.45) is 0 Å². The predicted molar refractivity (Wildman–Crippen MR) is 83.8 cm³/mol. The van der Waals surface area contributed by atoms with Gasteiger partial charge in [-0.25, -0.2) is 4.98 Å². The lowest BCUT2D eigenvalue weighted by molar-refractivity contribution is 0.658. The van der Waals surface area contributed by atoms with Crippen LogP contribution in [0.3, 0.4) is 0 Å². The highest BCUT2D eigenvalue weighted by Crippen LogP contribution is 2.12. The van der Waals surface area contributed by atoms with Crippen LogP contribution in [0.4, 0.5) is 0 Å². The van der Waals surface area contributed by atoms with Crippen LogP contribution in [0.15, 0.2) is 39.6 Å². The number of aromatic nitrogens is 2. The van der Waals surface area contributed by atoms with Crippen molar-refractivity contribution in [3.63, 3.8) is 0 Å². The Morgan fingerprint density at radius 2 is 2.05 bits per heavy atom. The van der Waals surface area contributed by atoms with Crippen molar-refractivity contribution < 1.29 is 0 Å². The topological polar surface area (TPSA) is 57.8 Å². The third-order valence-electron chi connectivity index (χ3n) is 2.86. The Balaban J connectivity index is 2.11. The van der Waals surface area contributed by atoms with Crippen molar-refractivity contribution in [3.8, 4) is 0 Å². The molecule has 0 unspecified atom stereocenters. The number of aromatic amines is 1. The van der Waals surface area contributed by atoms with Crippen LogP contribution in [0.5, 0.6) is 0 Å². The first-order valence-electron chi connectivity index (χ1n) is 6.71. The van der Waals surface area contributed by atoms with E-state index in [1.807, 2.05) is 24.3 Å². The van der Waals surface area contributed by atoms with Gasteiger partial charge in [-0.3, -0.25) is 4.79 Å². The molecular formula is C15H18BrN3O. The van der Waals surface area contributed by atoms with Crippen LogP contribution in [0, 0.1) is 0 Å². The van der Waals surface area contributed by atoms with Crippen LogP contribution in [0.1, 0.15) is 30.4 Å². The van der Waals surface area contributed by atoms with Crippen molar-refractivity contribution in [2.75, 3.05) is 6.54 Å². The summed E-state index contributed by atoms with van der Waals surface area (Å²) in [5.74, 6) is 0.702. The minimum atomic E-state index is -0.0968.